The van der Waals surface area contributed by atoms with Gasteiger partial charge in [-0.3, -0.25) is 4.79 Å². The van der Waals surface area contributed by atoms with Crippen LogP contribution in [0.4, 0.5) is 27.6 Å². The number of benzene rings is 2. The Morgan fingerprint density at radius 1 is 1.08 bits per heavy atom. The number of amides is 1. The summed E-state index contributed by atoms with van der Waals surface area (Å²) in [6, 6.07) is 6.93. The molecule has 0 saturated carbocycles. The van der Waals surface area contributed by atoms with Crippen molar-refractivity contribution < 1.29 is 26.7 Å². The second kappa shape index (κ2) is 8.05. The van der Waals surface area contributed by atoms with E-state index < -0.39 is 30.1 Å². The highest BCUT2D eigenvalue weighted by molar-refractivity contribution is 7.99. The van der Waals surface area contributed by atoms with Crippen molar-refractivity contribution >= 4 is 35.0 Å². The van der Waals surface area contributed by atoms with Gasteiger partial charge in [0.05, 0.1) is 11.4 Å². The number of hydrogen-bond donors (Lipinski definition) is 1. The molecule has 0 bridgehead atoms. The highest BCUT2D eigenvalue weighted by Gasteiger charge is 2.26. The van der Waals surface area contributed by atoms with Crippen LogP contribution in [0.3, 0.4) is 0 Å². The van der Waals surface area contributed by atoms with Gasteiger partial charge in [-0.05, 0) is 36.4 Å². The van der Waals surface area contributed by atoms with Crippen molar-refractivity contribution in [2.45, 2.75) is 17.5 Å². The number of thioether (sulfide) groups is 1. The number of anilines is 1. The van der Waals surface area contributed by atoms with Gasteiger partial charge >= 0.3 is 6.18 Å². The van der Waals surface area contributed by atoms with Crippen molar-refractivity contribution in [1.29, 1.82) is 0 Å². The van der Waals surface area contributed by atoms with Crippen LogP contribution in [-0.4, -0.2) is 17.8 Å². The normalized spacial score (nSPS) is 11.4. The molecule has 2 aromatic carbocycles. The Hall–Kier alpha value is -1.80. The molecule has 0 aliphatic carbocycles. The predicted octanol–water partition coefficient (Wildman–Crippen LogP) is 5.92. The van der Waals surface area contributed by atoms with Gasteiger partial charge in [-0.2, -0.15) is 13.2 Å². The maximum Gasteiger partial charge on any atom is 0.389 e. The van der Waals surface area contributed by atoms with Crippen molar-refractivity contribution in [3.05, 3.63) is 58.6 Å². The van der Waals surface area contributed by atoms with Gasteiger partial charge in [-0.1, -0.05) is 11.6 Å². The standard InChI is InChI=1S/C16H11ClF5NOS/c17-11-8-10(2-4-12(11)18)23-15(24)9-1-3-13(19)14(7-9)25-6-5-16(20,21)22/h1-4,7-8H,5-6H2,(H,23,24). The van der Waals surface area contributed by atoms with Gasteiger partial charge in [0.15, 0.2) is 0 Å². The number of halogens is 6. The maximum atomic E-state index is 13.7. The zero-order valence-electron chi connectivity index (χ0n) is 12.5. The van der Waals surface area contributed by atoms with E-state index in [0.717, 1.165) is 18.2 Å². The summed E-state index contributed by atoms with van der Waals surface area (Å²) >= 11 is 6.28. The van der Waals surface area contributed by atoms with Crippen molar-refractivity contribution in [2.24, 2.45) is 0 Å². The molecule has 0 aliphatic rings. The van der Waals surface area contributed by atoms with Crippen LogP contribution in [0.1, 0.15) is 16.8 Å². The van der Waals surface area contributed by atoms with Crippen LogP contribution in [0.5, 0.6) is 0 Å². The second-order valence-electron chi connectivity index (χ2n) is 4.94. The Bertz CT molecular complexity index is 782. The van der Waals surface area contributed by atoms with E-state index in [1.807, 2.05) is 0 Å². The maximum absolute atomic E-state index is 13.7. The van der Waals surface area contributed by atoms with Crippen molar-refractivity contribution in [1.82, 2.24) is 0 Å². The Morgan fingerprint density at radius 2 is 1.76 bits per heavy atom. The zero-order valence-corrected chi connectivity index (χ0v) is 14.0. The highest BCUT2D eigenvalue weighted by atomic mass is 35.5. The van der Waals surface area contributed by atoms with Crippen molar-refractivity contribution in [3.8, 4) is 0 Å². The number of hydrogen-bond acceptors (Lipinski definition) is 2. The summed E-state index contributed by atoms with van der Waals surface area (Å²) in [5.41, 5.74) is 0.281. The van der Waals surface area contributed by atoms with E-state index in [1.54, 1.807) is 0 Å². The van der Waals surface area contributed by atoms with Crippen molar-refractivity contribution in [3.63, 3.8) is 0 Å². The minimum atomic E-state index is -4.33. The first-order valence-corrected chi connectivity index (χ1v) is 8.27. The summed E-state index contributed by atoms with van der Waals surface area (Å²) in [6.07, 6.45) is -5.40. The first-order chi connectivity index (χ1) is 11.7. The van der Waals surface area contributed by atoms with Crippen molar-refractivity contribution in [2.75, 3.05) is 11.1 Å². The Kier molecular flexibility index (Phi) is 6.29. The molecular formula is C16H11ClF5NOS. The molecule has 2 aromatic rings. The van der Waals surface area contributed by atoms with E-state index in [2.05, 4.69) is 5.32 Å². The van der Waals surface area contributed by atoms with Crippen LogP contribution in [0, 0.1) is 11.6 Å². The summed E-state index contributed by atoms with van der Waals surface area (Å²) < 4.78 is 63.3. The van der Waals surface area contributed by atoms with E-state index in [4.69, 9.17) is 11.6 Å². The minimum Gasteiger partial charge on any atom is -0.322 e. The lowest BCUT2D eigenvalue weighted by Crippen LogP contribution is -2.12. The van der Waals surface area contributed by atoms with Crippen LogP contribution >= 0.6 is 23.4 Å². The van der Waals surface area contributed by atoms with Gasteiger partial charge in [0, 0.05) is 21.9 Å². The van der Waals surface area contributed by atoms with Gasteiger partial charge < -0.3 is 5.32 Å². The lowest BCUT2D eigenvalue weighted by atomic mass is 10.2. The second-order valence-corrected chi connectivity index (χ2v) is 6.49. The first kappa shape index (κ1) is 19.5. The molecule has 134 valence electrons. The fourth-order valence-electron chi connectivity index (χ4n) is 1.81. The SMILES string of the molecule is O=C(Nc1ccc(F)c(Cl)c1)c1ccc(F)c(SCCC(F)(F)F)c1. The third-order valence-corrected chi connectivity index (χ3v) is 4.34. The number of rotatable bonds is 5. The molecule has 2 rings (SSSR count). The van der Waals surface area contributed by atoms with Crippen LogP contribution in [0.25, 0.3) is 0 Å². The molecule has 0 radical (unpaired) electrons. The average molecular weight is 396 g/mol. The molecule has 0 aliphatic heterocycles. The van der Waals surface area contributed by atoms with E-state index in [0.29, 0.717) is 11.8 Å². The summed E-state index contributed by atoms with van der Waals surface area (Å²) in [5.74, 6) is -2.35. The van der Waals surface area contributed by atoms with Gasteiger partial charge in [-0.25, -0.2) is 8.78 Å². The van der Waals surface area contributed by atoms with E-state index >= 15 is 0 Å². The summed E-state index contributed by atoms with van der Waals surface area (Å²) in [4.78, 5) is 12.1. The van der Waals surface area contributed by atoms with Gasteiger partial charge in [0.1, 0.15) is 11.6 Å². The molecule has 0 spiro atoms. The van der Waals surface area contributed by atoms with Gasteiger partial charge in [-0.15, -0.1) is 11.8 Å². The Labute approximate surface area is 149 Å². The molecule has 1 N–H and O–H groups in total. The molecule has 1 amide bonds. The molecule has 0 saturated heterocycles. The molecule has 2 nitrogen and oxygen atoms in total. The number of alkyl halides is 3. The van der Waals surface area contributed by atoms with Crippen LogP contribution < -0.4 is 5.32 Å². The molecule has 0 heterocycles. The Morgan fingerprint density at radius 3 is 2.40 bits per heavy atom. The monoisotopic (exact) mass is 395 g/mol. The van der Waals surface area contributed by atoms with Crippen LogP contribution in [-0.2, 0) is 0 Å². The third kappa shape index (κ3) is 5.89. The van der Waals surface area contributed by atoms with Crippen LogP contribution in [0.2, 0.25) is 5.02 Å². The zero-order chi connectivity index (χ0) is 18.6. The third-order valence-electron chi connectivity index (χ3n) is 3.01. The fraction of sp³-hybridized carbons (Fsp3) is 0.188. The van der Waals surface area contributed by atoms with E-state index in [-0.39, 0.29) is 26.9 Å². The number of nitrogens with one attached hydrogen (secondary N) is 1. The average Bonchev–Trinajstić information content (AvgIpc) is 2.51. The predicted molar refractivity (Wildman–Crippen MR) is 87.2 cm³/mol. The first-order valence-electron chi connectivity index (χ1n) is 6.91. The van der Waals surface area contributed by atoms with Crippen LogP contribution in [0.15, 0.2) is 41.3 Å². The summed E-state index contributed by atoms with van der Waals surface area (Å²) in [6.45, 7) is 0. The Balaban J connectivity index is 2.09. The number of carbonyl (C=O) groups is 1. The molecule has 0 aromatic heterocycles. The quantitative estimate of drug-likeness (QED) is 0.503. The topological polar surface area (TPSA) is 29.1 Å². The van der Waals surface area contributed by atoms with Gasteiger partial charge in [0.25, 0.3) is 5.91 Å². The van der Waals surface area contributed by atoms with E-state index in [1.165, 1.54) is 18.2 Å². The summed E-state index contributed by atoms with van der Waals surface area (Å²) in [7, 11) is 0. The highest BCUT2D eigenvalue weighted by Crippen LogP contribution is 2.28. The molecular weight excluding hydrogens is 385 g/mol. The largest absolute Gasteiger partial charge is 0.389 e. The molecule has 0 atom stereocenters. The van der Waals surface area contributed by atoms with E-state index in [9.17, 15) is 26.7 Å². The van der Waals surface area contributed by atoms with Gasteiger partial charge in [0.2, 0.25) is 0 Å². The molecule has 0 unspecified atom stereocenters. The smallest absolute Gasteiger partial charge is 0.322 e. The number of carbonyl (C=O) groups excluding carboxylic acids is 1. The lowest BCUT2D eigenvalue weighted by molar-refractivity contribution is -0.129. The fourth-order valence-corrected chi connectivity index (χ4v) is 2.96. The molecule has 25 heavy (non-hydrogen) atoms. The molecule has 0 fully saturated rings. The minimum absolute atomic E-state index is 0.0522. The summed E-state index contributed by atoms with van der Waals surface area (Å²) in [5, 5.41) is 2.27. The molecule has 9 heteroatoms. The lowest BCUT2D eigenvalue weighted by Gasteiger charge is -2.09.